The molecule has 1 heteroatoms. The molecule has 0 aliphatic carbocycles. The first kappa shape index (κ1) is 27.1. The second kappa shape index (κ2) is 18.8. The van der Waals surface area contributed by atoms with Crippen molar-refractivity contribution in [2.24, 2.45) is 0 Å². The largest absolute Gasteiger partial charge is 0.508 e. The molecular weight excluding hydrogens is 364 g/mol. The van der Waals surface area contributed by atoms with Crippen LogP contribution >= 0.6 is 0 Å². The van der Waals surface area contributed by atoms with Crippen LogP contribution in [0, 0.1) is 0 Å². The molecule has 0 radical (unpaired) electrons. The van der Waals surface area contributed by atoms with Crippen molar-refractivity contribution in [1.29, 1.82) is 0 Å². The van der Waals surface area contributed by atoms with E-state index in [2.05, 4.69) is 26.8 Å². The number of aromatic hydroxyl groups is 1. The van der Waals surface area contributed by atoms with Crippen LogP contribution in [0.3, 0.4) is 0 Å². The molecule has 0 atom stereocenters. The molecule has 0 spiro atoms. The lowest BCUT2D eigenvalue weighted by atomic mass is 9.89. The lowest BCUT2D eigenvalue weighted by Crippen LogP contribution is -2.03. The van der Waals surface area contributed by atoms with Gasteiger partial charge in [-0.3, -0.25) is 0 Å². The molecule has 0 aliphatic heterocycles. The molecule has 0 saturated carbocycles. The molecule has 1 rings (SSSR count). The van der Waals surface area contributed by atoms with Gasteiger partial charge in [0.05, 0.1) is 0 Å². The Balaban J connectivity index is 2.68. The van der Waals surface area contributed by atoms with E-state index in [9.17, 15) is 5.11 Å². The maximum Gasteiger partial charge on any atom is 0.119 e. The quantitative estimate of drug-likeness (QED) is 0.210. The van der Waals surface area contributed by atoms with Crippen molar-refractivity contribution in [3.63, 3.8) is 0 Å². The molecule has 0 bridgehead atoms. The summed E-state index contributed by atoms with van der Waals surface area (Å²) in [4.78, 5) is 0. The Kier molecular flexibility index (Phi) is 16.9. The summed E-state index contributed by atoms with van der Waals surface area (Å²) < 4.78 is 0. The number of benzene rings is 1. The average Bonchev–Trinajstić information content (AvgIpc) is 2.75. The second-order valence-electron chi connectivity index (χ2n) is 9.40. The van der Waals surface area contributed by atoms with Crippen molar-refractivity contribution in [1.82, 2.24) is 0 Å². The van der Waals surface area contributed by atoms with E-state index in [1.54, 1.807) is 0 Å². The number of rotatable bonds is 20. The van der Waals surface area contributed by atoms with E-state index < -0.39 is 0 Å². The summed E-state index contributed by atoms with van der Waals surface area (Å²) in [6, 6.07) is 4.22. The highest BCUT2D eigenvalue weighted by molar-refractivity contribution is 5.45. The maximum atomic E-state index is 10.7. The molecule has 0 fully saturated rings. The summed E-state index contributed by atoms with van der Waals surface area (Å²) >= 11 is 0. The van der Waals surface area contributed by atoms with Crippen LogP contribution in [-0.4, -0.2) is 5.11 Å². The van der Waals surface area contributed by atoms with E-state index in [-0.39, 0.29) is 0 Å². The number of phenols is 1. The highest BCUT2D eigenvalue weighted by atomic mass is 16.3. The van der Waals surface area contributed by atoms with Gasteiger partial charge in [-0.15, -0.1) is 0 Å². The van der Waals surface area contributed by atoms with Gasteiger partial charge in [0.25, 0.3) is 0 Å². The Labute approximate surface area is 189 Å². The van der Waals surface area contributed by atoms with Crippen LogP contribution in [0.1, 0.15) is 147 Å². The Bertz CT molecular complexity index is 519. The van der Waals surface area contributed by atoms with E-state index in [4.69, 9.17) is 0 Å². The highest BCUT2D eigenvalue weighted by Gasteiger charge is 2.13. The minimum absolute atomic E-state index is 0.554. The van der Waals surface area contributed by atoms with Gasteiger partial charge in [-0.1, -0.05) is 117 Å². The number of aryl methyl sites for hydroxylation is 1. The Morgan fingerprint density at radius 2 is 0.867 bits per heavy atom. The Morgan fingerprint density at radius 1 is 0.467 bits per heavy atom. The third-order valence-electron chi connectivity index (χ3n) is 6.61. The van der Waals surface area contributed by atoms with Crippen molar-refractivity contribution in [2.75, 3.05) is 0 Å². The van der Waals surface area contributed by atoms with Crippen molar-refractivity contribution >= 4 is 0 Å². The third-order valence-corrected chi connectivity index (χ3v) is 6.61. The molecule has 0 saturated heterocycles. The fraction of sp³-hybridized carbons (Fsp3) is 0.793. The van der Waals surface area contributed by atoms with Gasteiger partial charge in [-0.25, -0.2) is 0 Å². The van der Waals surface area contributed by atoms with Gasteiger partial charge in [0.15, 0.2) is 0 Å². The van der Waals surface area contributed by atoms with E-state index in [0.29, 0.717) is 5.75 Å². The topological polar surface area (TPSA) is 20.2 Å². The van der Waals surface area contributed by atoms with Crippen LogP contribution < -0.4 is 0 Å². The second-order valence-corrected chi connectivity index (χ2v) is 9.40. The van der Waals surface area contributed by atoms with Gasteiger partial charge in [-0.2, -0.15) is 0 Å². The molecule has 0 unspecified atom stereocenters. The summed E-state index contributed by atoms with van der Waals surface area (Å²) in [6.45, 7) is 6.85. The van der Waals surface area contributed by atoms with Crippen LogP contribution in [0.2, 0.25) is 0 Å². The first-order valence-electron chi connectivity index (χ1n) is 13.6. The molecule has 0 aromatic heterocycles. The van der Waals surface area contributed by atoms with Crippen LogP contribution in [0.15, 0.2) is 12.1 Å². The SMILES string of the molecule is CCCCCCCCc1ccc(O)c(CCCCCCC)c1CCCCCCCC. The van der Waals surface area contributed by atoms with Crippen LogP contribution in [-0.2, 0) is 19.3 Å². The molecule has 1 aromatic rings. The summed E-state index contributed by atoms with van der Waals surface area (Å²) in [5.41, 5.74) is 4.32. The van der Waals surface area contributed by atoms with Gasteiger partial charge in [0.1, 0.15) is 5.75 Å². The zero-order valence-corrected chi connectivity index (χ0v) is 20.7. The number of hydrogen-bond donors (Lipinski definition) is 1. The fourth-order valence-corrected chi connectivity index (χ4v) is 4.64. The summed E-state index contributed by atoms with van der Waals surface area (Å²) in [6.07, 6.45) is 26.1. The van der Waals surface area contributed by atoms with Gasteiger partial charge in [0, 0.05) is 0 Å². The van der Waals surface area contributed by atoms with E-state index in [1.165, 1.54) is 132 Å². The summed E-state index contributed by atoms with van der Waals surface area (Å²) in [5, 5.41) is 10.7. The molecule has 0 amide bonds. The molecule has 0 aliphatic rings. The van der Waals surface area contributed by atoms with E-state index in [1.807, 2.05) is 6.07 Å². The first-order valence-corrected chi connectivity index (χ1v) is 13.6. The predicted molar refractivity (Wildman–Crippen MR) is 135 cm³/mol. The molecule has 1 aromatic carbocycles. The monoisotopic (exact) mass is 416 g/mol. The van der Waals surface area contributed by atoms with Crippen molar-refractivity contribution in [3.05, 3.63) is 28.8 Å². The van der Waals surface area contributed by atoms with E-state index >= 15 is 0 Å². The normalized spacial score (nSPS) is 11.3. The smallest absolute Gasteiger partial charge is 0.119 e. The first-order chi connectivity index (χ1) is 14.7. The van der Waals surface area contributed by atoms with Crippen LogP contribution in [0.4, 0.5) is 0 Å². The minimum atomic E-state index is 0.554. The fourth-order valence-electron chi connectivity index (χ4n) is 4.64. The molecule has 30 heavy (non-hydrogen) atoms. The van der Waals surface area contributed by atoms with Crippen LogP contribution in [0.5, 0.6) is 5.75 Å². The van der Waals surface area contributed by atoms with Gasteiger partial charge in [0.2, 0.25) is 0 Å². The Hall–Kier alpha value is -0.980. The van der Waals surface area contributed by atoms with Crippen molar-refractivity contribution in [2.45, 2.75) is 149 Å². The summed E-state index contributed by atoms with van der Waals surface area (Å²) in [7, 11) is 0. The van der Waals surface area contributed by atoms with Crippen molar-refractivity contribution in [3.8, 4) is 5.75 Å². The highest BCUT2D eigenvalue weighted by Crippen LogP contribution is 2.30. The standard InChI is InChI=1S/C29H52O/c1-4-7-10-13-16-18-21-26-24-25-29(30)28(23-20-15-12-9-6-3)27(26)22-19-17-14-11-8-5-2/h24-25,30H,4-23H2,1-3H3. The molecular formula is C29H52O. The van der Waals surface area contributed by atoms with Gasteiger partial charge >= 0.3 is 0 Å². The zero-order chi connectivity index (χ0) is 21.9. The zero-order valence-electron chi connectivity index (χ0n) is 20.7. The third kappa shape index (κ3) is 12.0. The van der Waals surface area contributed by atoms with Gasteiger partial charge in [-0.05, 0) is 61.3 Å². The number of phenolic OH excluding ortho intramolecular Hbond substituents is 1. The average molecular weight is 417 g/mol. The lowest BCUT2D eigenvalue weighted by Gasteiger charge is -2.17. The summed E-state index contributed by atoms with van der Waals surface area (Å²) in [5.74, 6) is 0.554. The van der Waals surface area contributed by atoms with Crippen LogP contribution in [0.25, 0.3) is 0 Å². The van der Waals surface area contributed by atoms with Crippen molar-refractivity contribution < 1.29 is 5.11 Å². The number of unbranched alkanes of at least 4 members (excludes halogenated alkanes) is 14. The molecule has 174 valence electrons. The molecule has 1 nitrogen and oxygen atoms in total. The van der Waals surface area contributed by atoms with Gasteiger partial charge < -0.3 is 5.11 Å². The van der Waals surface area contributed by atoms with E-state index in [0.717, 1.165) is 12.8 Å². The Morgan fingerprint density at radius 3 is 1.37 bits per heavy atom. The molecule has 1 N–H and O–H groups in total. The predicted octanol–water partition coefficient (Wildman–Crippen LogP) is 9.71. The minimum Gasteiger partial charge on any atom is -0.508 e. The lowest BCUT2D eigenvalue weighted by molar-refractivity contribution is 0.463. The molecule has 0 heterocycles. The number of hydrogen-bond acceptors (Lipinski definition) is 1. The maximum absolute atomic E-state index is 10.7.